The summed E-state index contributed by atoms with van der Waals surface area (Å²) in [6, 6.07) is 4.48. The first kappa shape index (κ1) is 12.8. The van der Waals surface area contributed by atoms with Gasteiger partial charge in [0.05, 0.1) is 24.1 Å². The molecule has 0 fully saturated rings. The predicted molar refractivity (Wildman–Crippen MR) is 71.3 cm³/mol. The van der Waals surface area contributed by atoms with Gasteiger partial charge in [-0.3, -0.25) is 0 Å². The van der Waals surface area contributed by atoms with Crippen molar-refractivity contribution in [3.05, 3.63) is 52.9 Å². The van der Waals surface area contributed by atoms with Gasteiger partial charge in [0.25, 0.3) is 0 Å². The van der Waals surface area contributed by atoms with E-state index in [9.17, 15) is 9.18 Å². The second-order valence-corrected chi connectivity index (χ2v) is 5.06. The summed E-state index contributed by atoms with van der Waals surface area (Å²) < 4.78 is 16.1. The van der Waals surface area contributed by atoms with Crippen LogP contribution in [-0.2, 0) is 19.4 Å². The number of aryl methyl sites for hydroxylation is 1. The molecule has 1 aromatic carbocycles. The highest BCUT2D eigenvalue weighted by Crippen LogP contribution is 2.22. The zero-order valence-electron chi connectivity index (χ0n) is 11.0. The van der Waals surface area contributed by atoms with Crippen molar-refractivity contribution in [2.75, 3.05) is 0 Å². The summed E-state index contributed by atoms with van der Waals surface area (Å²) in [7, 11) is 0. The van der Waals surface area contributed by atoms with E-state index in [-0.39, 0.29) is 5.56 Å². The molecule has 0 saturated carbocycles. The number of halogens is 1. The van der Waals surface area contributed by atoms with Gasteiger partial charge < -0.3 is 9.67 Å². The number of hydrogen-bond donors (Lipinski definition) is 1. The summed E-state index contributed by atoms with van der Waals surface area (Å²) in [5, 5.41) is 8.95. The van der Waals surface area contributed by atoms with E-state index in [1.165, 1.54) is 6.07 Å². The van der Waals surface area contributed by atoms with Crippen molar-refractivity contribution in [3.8, 4) is 0 Å². The molecule has 0 spiro atoms. The van der Waals surface area contributed by atoms with Crippen LogP contribution in [0.15, 0.2) is 24.5 Å². The van der Waals surface area contributed by atoms with Crippen LogP contribution in [0.2, 0.25) is 0 Å². The maximum atomic E-state index is 14.1. The molecule has 1 N–H and O–H groups in total. The van der Waals surface area contributed by atoms with Crippen LogP contribution < -0.4 is 0 Å². The summed E-state index contributed by atoms with van der Waals surface area (Å²) in [5.74, 6) is -1.89. The quantitative estimate of drug-likeness (QED) is 0.936. The molecular weight excluding hydrogens is 259 g/mol. The molecule has 1 aliphatic rings. The average molecular weight is 274 g/mol. The van der Waals surface area contributed by atoms with Gasteiger partial charge in [0.15, 0.2) is 0 Å². The van der Waals surface area contributed by atoms with Crippen molar-refractivity contribution in [1.82, 2.24) is 9.55 Å². The molecule has 1 aromatic heterocycles. The van der Waals surface area contributed by atoms with E-state index in [1.807, 2.05) is 4.57 Å². The van der Waals surface area contributed by atoms with E-state index in [0.717, 1.165) is 37.1 Å². The Bertz CT molecular complexity index is 664. The number of aromatic carboxylic acids is 1. The van der Waals surface area contributed by atoms with Gasteiger partial charge in [-0.05, 0) is 31.7 Å². The molecule has 0 amide bonds. The molecular formula is C15H15FN2O2. The van der Waals surface area contributed by atoms with Crippen LogP contribution in [0.3, 0.4) is 0 Å². The summed E-state index contributed by atoms with van der Waals surface area (Å²) in [6.45, 7) is 0.329. The van der Waals surface area contributed by atoms with Crippen molar-refractivity contribution < 1.29 is 14.3 Å². The van der Waals surface area contributed by atoms with Crippen LogP contribution in [-0.4, -0.2) is 20.6 Å². The van der Waals surface area contributed by atoms with Crippen molar-refractivity contribution >= 4 is 5.97 Å². The summed E-state index contributed by atoms with van der Waals surface area (Å²) in [4.78, 5) is 15.3. The van der Waals surface area contributed by atoms with E-state index >= 15 is 0 Å². The third kappa shape index (κ3) is 2.19. The molecule has 3 rings (SSSR count). The molecule has 0 saturated heterocycles. The topological polar surface area (TPSA) is 55.1 Å². The maximum Gasteiger partial charge on any atom is 0.338 e. The minimum absolute atomic E-state index is 0.281. The molecule has 5 heteroatoms. The first-order valence-corrected chi connectivity index (χ1v) is 6.70. The lowest BCUT2D eigenvalue weighted by Gasteiger charge is -2.14. The SMILES string of the molecule is O=C(O)c1cccc(Cn2cnc3c2CCCC3)c1F. The second-order valence-electron chi connectivity index (χ2n) is 5.06. The standard InChI is InChI=1S/C15H15FN2O2/c16-14-10(4-3-5-11(14)15(19)20)8-18-9-17-12-6-1-2-7-13(12)18/h3-5,9H,1-2,6-8H2,(H,19,20). The lowest BCUT2D eigenvalue weighted by molar-refractivity contribution is 0.0691. The molecule has 1 heterocycles. The number of nitrogens with zero attached hydrogens (tertiary/aromatic N) is 2. The van der Waals surface area contributed by atoms with Crippen LogP contribution >= 0.6 is 0 Å². The first-order valence-electron chi connectivity index (χ1n) is 6.70. The second kappa shape index (κ2) is 5.07. The Morgan fingerprint density at radius 3 is 2.95 bits per heavy atom. The van der Waals surface area contributed by atoms with Crippen molar-refractivity contribution in [2.24, 2.45) is 0 Å². The number of rotatable bonds is 3. The van der Waals surface area contributed by atoms with E-state index in [0.29, 0.717) is 12.1 Å². The van der Waals surface area contributed by atoms with Crippen LogP contribution in [0.1, 0.15) is 40.2 Å². The fourth-order valence-corrected chi connectivity index (χ4v) is 2.72. The van der Waals surface area contributed by atoms with Crippen molar-refractivity contribution in [2.45, 2.75) is 32.2 Å². The Hall–Kier alpha value is -2.17. The fraction of sp³-hybridized carbons (Fsp3) is 0.333. The molecule has 104 valence electrons. The molecule has 0 radical (unpaired) electrons. The minimum atomic E-state index is -1.24. The van der Waals surface area contributed by atoms with E-state index in [1.54, 1.807) is 18.5 Å². The number of carboxylic acid groups (broad SMARTS) is 1. The molecule has 1 aliphatic carbocycles. The predicted octanol–water partition coefficient (Wildman–Crippen LogP) is 2.65. The van der Waals surface area contributed by atoms with Gasteiger partial charge in [0, 0.05) is 11.3 Å². The van der Waals surface area contributed by atoms with Gasteiger partial charge in [-0.15, -0.1) is 0 Å². The smallest absolute Gasteiger partial charge is 0.338 e. The Morgan fingerprint density at radius 1 is 1.35 bits per heavy atom. The van der Waals surface area contributed by atoms with Gasteiger partial charge in [0.2, 0.25) is 0 Å². The highest BCUT2D eigenvalue weighted by molar-refractivity contribution is 5.88. The Labute approximate surface area is 115 Å². The van der Waals surface area contributed by atoms with Gasteiger partial charge in [-0.1, -0.05) is 12.1 Å². The third-order valence-electron chi connectivity index (χ3n) is 3.76. The number of fused-ring (bicyclic) bond motifs is 1. The number of imidazole rings is 1. The highest BCUT2D eigenvalue weighted by Gasteiger charge is 2.18. The van der Waals surface area contributed by atoms with E-state index < -0.39 is 11.8 Å². The van der Waals surface area contributed by atoms with Crippen LogP contribution in [0, 0.1) is 5.82 Å². The van der Waals surface area contributed by atoms with Crippen molar-refractivity contribution in [1.29, 1.82) is 0 Å². The van der Waals surface area contributed by atoms with Gasteiger partial charge >= 0.3 is 5.97 Å². The van der Waals surface area contributed by atoms with Gasteiger partial charge in [-0.25, -0.2) is 14.2 Å². The maximum absolute atomic E-state index is 14.1. The number of carboxylic acids is 1. The van der Waals surface area contributed by atoms with Crippen molar-refractivity contribution in [3.63, 3.8) is 0 Å². The van der Waals surface area contributed by atoms with Gasteiger partial charge in [0.1, 0.15) is 5.82 Å². The Kier molecular flexibility index (Phi) is 3.26. The van der Waals surface area contributed by atoms with Crippen LogP contribution in [0.5, 0.6) is 0 Å². The number of benzene rings is 1. The summed E-state index contributed by atoms with van der Waals surface area (Å²) >= 11 is 0. The normalized spacial score (nSPS) is 14.1. The Morgan fingerprint density at radius 2 is 2.15 bits per heavy atom. The molecule has 0 unspecified atom stereocenters. The van der Waals surface area contributed by atoms with E-state index in [4.69, 9.17) is 5.11 Å². The number of aromatic nitrogens is 2. The van der Waals surface area contributed by atoms with Gasteiger partial charge in [-0.2, -0.15) is 0 Å². The molecule has 0 bridgehead atoms. The molecule has 2 aromatic rings. The highest BCUT2D eigenvalue weighted by atomic mass is 19.1. The molecule has 20 heavy (non-hydrogen) atoms. The minimum Gasteiger partial charge on any atom is -0.478 e. The van der Waals surface area contributed by atoms with Crippen LogP contribution in [0.25, 0.3) is 0 Å². The molecule has 0 aliphatic heterocycles. The molecule has 4 nitrogen and oxygen atoms in total. The molecule has 0 atom stereocenters. The lowest BCUT2D eigenvalue weighted by Crippen LogP contribution is -2.11. The first-order chi connectivity index (χ1) is 9.66. The zero-order valence-corrected chi connectivity index (χ0v) is 11.0. The lowest BCUT2D eigenvalue weighted by atomic mass is 10.0. The summed E-state index contributed by atoms with van der Waals surface area (Å²) in [6.07, 6.45) is 5.92. The largest absolute Gasteiger partial charge is 0.478 e. The van der Waals surface area contributed by atoms with E-state index in [2.05, 4.69) is 4.98 Å². The number of hydrogen-bond acceptors (Lipinski definition) is 2. The average Bonchev–Trinajstić information content (AvgIpc) is 2.84. The third-order valence-corrected chi connectivity index (χ3v) is 3.76. The fourth-order valence-electron chi connectivity index (χ4n) is 2.72. The zero-order chi connectivity index (χ0) is 14.1. The summed E-state index contributed by atoms with van der Waals surface area (Å²) in [5.41, 5.74) is 2.34. The monoisotopic (exact) mass is 274 g/mol. The number of carbonyl (C=O) groups is 1. The van der Waals surface area contributed by atoms with Crippen LogP contribution in [0.4, 0.5) is 4.39 Å². The Balaban J connectivity index is 1.94.